The van der Waals surface area contributed by atoms with Crippen molar-refractivity contribution in [3.05, 3.63) is 148 Å². The zero-order valence-corrected chi connectivity index (χ0v) is 28.8. The number of hydrogen-bond acceptors (Lipinski definition) is 1. The van der Waals surface area contributed by atoms with Crippen molar-refractivity contribution in [2.75, 3.05) is 5.73 Å². The summed E-state index contributed by atoms with van der Waals surface area (Å²) in [4.78, 5) is 0. The molecule has 2 N–H and O–H groups in total. The number of nitrogen functional groups attached to an aromatic ring is 1. The van der Waals surface area contributed by atoms with Crippen LogP contribution in [0.3, 0.4) is 0 Å². The second kappa shape index (κ2) is 19.2. The molecule has 0 aliphatic rings. The van der Waals surface area contributed by atoms with Gasteiger partial charge in [0.05, 0.1) is 0 Å². The number of unbranched alkanes of at least 4 members (excludes halogenated alkanes) is 1. The van der Waals surface area contributed by atoms with Crippen molar-refractivity contribution in [1.29, 1.82) is 0 Å². The van der Waals surface area contributed by atoms with Gasteiger partial charge in [0.1, 0.15) is 0 Å². The Balaban J connectivity index is 0.000000221. The zero-order chi connectivity index (χ0) is 32.5. The standard InChI is InChI=1S/2C15H16.C9H13N.C4H10/c1-11-4-7-14(8-5-11)15-9-6-12(2)13(3)10-15;1-11-5-4-6-14(9-11)15-8-7-12(2)13(3)10-15;1-2-3-8-4-6-9(10)7-5-8;1-3-4-2/h2*4-10H,1-3H3;4-7H,2-3,10H2,1H3;3-4H2,1-2H3. The van der Waals surface area contributed by atoms with Crippen molar-refractivity contribution in [3.63, 3.8) is 0 Å². The quantitative estimate of drug-likeness (QED) is 0.204. The Hall–Kier alpha value is -4.10. The Bertz CT molecular complexity index is 1520. The summed E-state index contributed by atoms with van der Waals surface area (Å²) in [6.45, 7) is 19.4. The van der Waals surface area contributed by atoms with Crippen LogP contribution in [0.4, 0.5) is 5.69 Å². The fourth-order valence-corrected chi connectivity index (χ4v) is 4.39. The lowest BCUT2D eigenvalue weighted by Crippen LogP contribution is -1.86. The van der Waals surface area contributed by atoms with E-state index in [-0.39, 0.29) is 0 Å². The van der Waals surface area contributed by atoms with E-state index in [1.165, 1.54) is 80.5 Å². The van der Waals surface area contributed by atoms with E-state index in [4.69, 9.17) is 5.73 Å². The summed E-state index contributed by atoms with van der Waals surface area (Å²) in [6.07, 6.45) is 4.99. The van der Waals surface area contributed by atoms with E-state index in [9.17, 15) is 0 Å². The molecule has 0 spiro atoms. The Morgan fingerprint density at radius 2 is 0.886 bits per heavy atom. The van der Waals surface area contributed by atoms with Gasteiger partial charge in [0.25, 0.3) is 0 Å². The molecule has 0 saturated heterocycles. The summed E-state index contributed by atoms with van der Waals surface area (Å²) in [5.74, 6) is 0. The van der Waals surface area contributed by atoms with Crippen LogP contribution in [-0.2, 0) is 6.42 Å². The van der Waals surface area contributed by atoms with Crippen molar-refractivity contribution < 1.29 is 0 Å². The highest BCUT2D eigenvalue weighted by molar-refractivity contribution is 5.66. The number of anilines is 1. The lowest BCUT2D eigenvalue weighted by molar-refractivity contribution is 0.886. The molecular formula is C43H55N. The number of benzene rings is 5. The van der Waals surface area contributed by atoms with Crippen LogP contribution in [0.15, 0.2) is 109 Å². The van der Waals surface area contributed by atoms with Crippen LogP contribution in [0, 0.1) is 41.5 Å². The van der Waals surface area contributed by atoms with Crippen molar-refractivity contribution in [2.24, 2.45) is 0 Å². The molecule has 1 heteroatoms. The molecular weight excluding hydrogens is 530 g/mol. The lowest BCUT2D eigenvalue weighted by Gasteiger charge is -2.06. The molecule has 0 saturated carbocycles. The predicted octanol–water partition coefficient (Wildman–Crippen LogP) is 12.6. The van der Waals surface area contributed by atoms with E-state index in [1.54, 1.807) is 0 Å². The average Bonchev–Trinajstić information content (AvgIpc) is 3.02. The summed E-state index contributed by atoms with van der Waals surface area (Å²) in [7, 11) is 0. The minimum atomic E-state index is 0.847. The maximum absolute atomic E-state index is 5.52. The smallest absolute Gasteiger partial charge is 0.0314 e. The number of nitrogens with two attached hydrogens (primary N) is 1. The number of hydrogen-bond donors (Lipinski definition) is 1. The van der Waals surface area contributed by atoms with E-state index in [0.29, 0.717) is 0 Å². The van der Waals surface area contributed by atoms with Crippen LogP contribution in [0.5, 0.6) is 0 Å². The molecule has 5 aromatic carbocycles. The molecule has 1 nitrogen and oxygen atoms in total. The van der Waals surface area contributed by atoms with Gasteiger partial charge in [-0.3, -0.25) is 0 Å². The maximum Gasteiger partial charge on any atom is 0.0314 e. The lowest BCUT2D eigenvalue weighted by atomic mass is 9.99. The molecule has 0 aliphatic carbocycles. The van der Waals surface area contributed by atoms with E-state index >= 15 is 0 Å². The topological polar surface area (TPSA) is 26.0 Å². The van der Waals surface area contributed by atoms with Gasteiger partial charge in [-0.1, -0.05) is 148 Å². The normalized spacial score (nSPS) is 9.93. The van der Waals surface area contributed by atoms with Gasteiger partial charge in [0.15, 0.2) is 0 Å². The second-order valence-electron chi connectivity index (χ2n) is 11.8. The number of aryl methyl sites for hydroxylation is 7. The average molecular weight is 586 g/mol. The molecule has 0 unspecified atom stereocenters. The molecule has 5 aromatic rings. The first-order valence-corrected chi connectivity index (χ1v) is 16.2. The third kappa shape index (κ3) is 12.6. The fourth-order valence-electron chi connectivity index (χ4n) is 4.39. The van der Waals surface area contributed by atoms with Crippen LogP contribution in [0.25, 0.3) is 22.3 Å². The highest BCUT2D eigenvalue weighted by atomic mass is 14.5. The Morgan fingerprint density at radius 1 is 0.409 bits per heavy atom. The van der Waals surface area contributed by atoms with E-state index in [2.05, 4.69) is 159 Å². The molecule has 232 valence electrons. The summed E-state index contributed by atoms with van der Waals surface area (Å²) < 4.78 is 0. The molecule has 0 bridgehead atoms. The maximum atomic E-state index is 5.52. The second-order valence-corrected chi connectivity index (χ2v) is 11.8. The van der Waals surface area contributed by atoms with Gasteiger partial charge in [-0.05, 0) is 110 Å². The highest BCUT2D eigenvalue weighted by Gasteiger charge is 2.00. The van der Waals surface area contributed by atoms with Gasteiger partial charge in [0.2, 0.25) is 0 Å². The van der Waals surface area contributed by atoms with Crippen LogP contribution in [0.2, 0.25) is 0 Å². The van der Waals surface area contributed by atoms with Crippen molar-refractivity contribution in [1.82, 2.24) is 0 Å². The molecule has 0 atom stereocenters. The molecule has 0 heterocycles. The Kier molecular flexibility index (Phi) is 15.8. The van der Waals surface area contributed by atoms with Crippen LogP contribution < -0.4 is 5.73 Å². The molecule has 5 rings (SSSR count). The Labute approximate surface area is 269 Å². The van der Waals surface area contributed by atoms with Crippen LogP contribution in [0.1, 0.15) is 79.0 Å². The van der Waals surface area contributed by atoms with Gasteiger partial charge >= 0.3 is 0 Å². The van der Waals surface area contributed by atoms with Crippen molar-refractivity contribution in [2.45, 2.75) is 88.0 Å². The monoisotopic (exact) mass is 585 g/mol. The third-order valence-corrected chi connectivity index (χ3v) is 7.77. The van der Waals surface area contributed by atoms with E-state index < -0.39 is 0 Å². The zero-order valence-electron chi connectivity index (χ0n) is 28.8. The largest absolute Gasteiger partial charge is 0.399 e. The first-order chi connectivity index (χ1) is 21.1. The van der Waals surface area contributed by atoms with Crippen LogP contribution >= 0.6 is 0 Å². The first-order valence-electron chi connectivity index (χ1n) is 16.2. The first kappa shape index (κ1) is 36.1. The molecule has 0 amide bonds. The summed E-state index contributed by atoms with van der Waals surface area (Å²) in [6, 6.07) is 38.6. The van der Waals surface area contributed by atoms with Gasteiger partial charge < -0.3 is 5.73 Å². The van der Waals surface area contributed by atoms with Crippen molar-refractivity contribution >= 4 is 5.69 Å². The van der Waals surface area contributed by atoms with Crippen molar-refractivity contribution in [3.8, 4) is 22.3 Å². The van der Waals surface area contributed by atoms with Gasteiger partial charge in [0, 0.05) is 5.69 Å². The number of rotatable bonds is 5. The molecule has 0 radical (unpaired) electrons. The highest BCUT2D eigenvalue weighted by Crippen LogP contribution is 2.23. The summed E-state index contributed by atoms with van der Waals surface area (Å²) in [5.41, 5.74) is 21.0. The molecule has 44 heavy (non-hydrogen) atoms. The van der Waals surface area contributed by atoms with Crippen LogP contribution in [-0.4, -0.2) is 0 Å². The van der Waals surface area contributed by atoms with Gasteiger partial charge in [-0.15, -0.1) is 0 Å². The van der Waals surface area contributed by atoms with Gasteiger partial charge in [-0.2, -0.15) is 0 Å². The summed E-state index contributed by atoms with van der Waals surface area (Å²) >= 11 is 0. The minimum Gasteiger partial charge on any atom is -0.399 e. The molecule has 0 aliphatic heterocycles. The third-order valence-electron chi connectivity index (χ3n) is 7.77. The summed E-state index contributed by atoms with van der Waals surface area (Å²) in [5, 5.41) is 0. The fraction of sp³-hybridized carbons (Fsp3) is 0.302. The van der Waals surface area contributed by atoms with E-state index in [1.807, 2.05) is 12.1 Å². The minimum absolute atomic E-state index is 0.847. The van der Waals surface area contributed by atoms with E-state index in [0.717, 1.165) is 12.1 Å². The Morgan fingerprint density at radius 3 is 1.34 bits per heavy atom. The SMILES string of the molecule is CCCC.CCCc1ccc(N)cc1.Cc1ccc(-c2ccc(C)c(C)c2)cc1.Cc1cccc(-c2ccc(C)c(C)c2)c1. The molecule has 0 aromatic heterocycles. The molecule has 0 fully saturated rings. The van der Waals surface area contributed by atoms with Gasteiger partial charge in [-0.25, -0.2) is 0 Å². The predicted molar refractivity (Wildman–Crippen MR) is 198 cm³/mol.